The second-order valence-corrected chi connectivity index (χ2v) is 6.52. The normalized spacial score (nSPS) is 23.0. The molecule has 0 radical (unpaired) electrons. The maximum atomic E-state index is 13.1. The van der Waals surface area contributed by atoms with E-state index in [1.807, 2.05) is 20.2 Å². The van der Waals surface area contributed by atoms with Crippen molar-refractivity contribution in [2.45, 2.75) is 38.3 Å². The van der Waals surface area contributed by atoms with Gasteiger partial charge in [0.15, 0.2) is 0 Å². The van der Waals surface area contributed by atoms with Gasteiger partial charge in [0.25, 0.3) is 0 Å². The molecule has 0 aliphatic carbocycles. The van der Waals surface area contributed by atoms with E-state index in [0.717, 1.165) is 37.4 Å². The molecule has 1 atom stereocenters. The van der Waals surface area contributed by atoms with Gasteiger partial charge in [-0.1, -0.05) is 12.1 Å². The number of benzene rings is 1. The second kappa shape index (κ2) is 6.42. The first-order chi connectivity index (χ1) is 11.0. The molecule has 124 valence electrons. The number of rotatable bonds is 3. The highest BCUT2D eigenvalue weighted by Crippen LogP contribution is 2.33. The van der Waals surface area contributed by atoms with E-state index < -0.39 is 5.60 Å². The number of halogens is 1. The van der Waals surface area contributed by atoms with E-state index in [4.69, 9.17) is 0 Å². The van der Waals surface area contributed by atoms with Crippen LogP contribution in [-0.2, 0) is 19.2 Å². The van der Waals surface area contributed by atoms with E-state index in [9.17, 15) is 9.50 Å². The SMILES string of the molecule is Cc1ncc(CN2CCC[C@@](O)(c3ccc(F)cc3)CC2)n1C. The van der Waals surface area contributed by atoms with Crippen LogP contribution in [-0.4, -0.2) is 32.6 Å². The minimum absolute atomic E-state index is 0.265. The zero-order chi connectivity index (χ0) is 16.4. The lowest BCUT2D eigenvalue weighted by atomic mass is 9.87. The van der Waals surface area contributed by atoms with E-state index >= 15 is 0 Å². The van der Waals surface area contributed by atoms with E-state index in [2.05, 4.69) is 14.5 Å². The quantitative estimate of drug-likeness (QED) is 0.946. The fourth-order valence-corrected chi connectivity index (χ4v) is 3.31. The van der Waals surface area contributed by atoms with Crippen molar-refractivity contribution >= 4 is 0 Å². The van der Waals surface area contributed by atoms with E-state index in [1.165, 1.54) is 17.8 Å². The minimum Gasteiger partial charge on any atom is -0.385 e. The predicted molar refractivity (Wildman–Crippen MR) is 87.4 cm³/mol. The number of nitrogens with zero attached hydrogens (tertiary/aromatic N) is 3. The summed E-state index contributed by atoms with van der Waals surface area (Å²) in [5, 5.41) is 11.0. The first-order valence-corrected chi connectivity index (χ1v) is 8.16. The number of likely N-dealkylation sites (tertiary alicyclic amines) is 1. The monoisotopic (exact) mass is 317 g/mol. The van der Waals surface area contributed by atoms with Crippen LogP contribution in [0.4, 0.5) is 4.39 Å². The molecule has 2 heterocycles. The Bertz CT molecular complexity index is 667. The van der Waals surface area contributed by atoms with Gasteiger partial charge in [0, 0.05) is 26.3 Å². The van der Waals surface area contributed by atoms with Crippen LogP contribution in [0, 0.1) is 12.7 Å². The van der Waals surface area contributed by atoms with Gasteiger partial charge in [-0.3, -0.25) is 4.90 Å². The smallest absolute Gasteiger partial charge is 0.123 e. The molecule has 3 rings (SSSR count). The summed E-state index contributed by atoms with van der Waals surface area (Å²) in [4.78, 5) is 6.70. The lowest BCUT2D eigenvalue weighted by molar-refractivity contribution is 0.0209. The zero-order valence-electron chi connectivity index (χ0n) is 13.8. The molecule has 0 saturated carbocycles. The minimum atomic E-state index is -0.856. The largest absolute Gasteiger partial charge is 0.385 e. The molecule has 0 unspecified atom stereocenters. The predicted octanol–water partition coefficient (Wildman–Crippen LogP) is 2.74. The van der Waals surface area contributed by atoms with Gasteiger partial charge in [-0.15, -0.1) is 0 Å². The number of imidazole rings is 1. The highest BCUT2D eigenvalue weighted by Gasteiger charge is 2.32. The summed E-state index contributed by atoms with van der Waals surface area (Å²) in [5.41, 5.74) is 1.15. The molecular weight excluding hydrogens is 293 g/mol. The van der Waals surface area contributed by atoms with Crippen molar-refractivity contribution in [2.75, 3.05) is 13.1 Å². The highest BCUT2D eigenvalue weighted by atomic mass is 19.1. The van der Waals surface area contributed by atoms with Gasteiger partial charge in [-0.05, 0) is 50.4 Å². The van der Waals surface area contributed by atoms with Crippen LogP contribution in [0.25, 0.3) is 0 Å². The maximum absolute atomic E-state index is 13.1. The summed E-state index contributed by atoms with van der Waals surface area (Å²) >= 11 is 0. The molecule has 0 spiro atoms. The van der Waals surface area contributed by atoms with Crippen molar-refractivity contribution in [3.63, 3.8) is 0 Å². The van der Waals surface area contributed by atoms with Crippen LogP contribution in [0.1, 0.15) is 36.3 Å². The fraction of sp³-hybridized carbons (Fsp3) is 0.500. The van der Waals surface area contributed by atoms with Gasteiger partial charge in [0.2, 0.25) is 0 Å². The Balaban J connectivity index is 1.69. The Kier molecular flexibility index (Phi) is 4.50. The summed E-state index contributed by atoms with van der Waals surface area (Å²) in [7, 11) is 2.03. The topological polar surface area (TPSA) is 41.3 Å². The van der Waals surface area contributed by atoms with Crippen LogP contribution in [0.2, 0.25) is 0 Å². The lowest BCUT2D eigenvalue weighted by Crippen LogP contribution is -2.29. The van der Waals surface area contributed by atoms with Crippen LogP contribution in [0.5, 0.6) is 0 Å². The number of aliphatic hydroxyl groups is 1. The third kappa shape index (κ3) is 3.46. The van der Waals surface area contributed by atoms with Crippen molar-refractivity contribution in [2.24, 2.45) is 7.05 Å². The van der Waals surface area contributed by atoms with Gasteiger partial charge >= 0.3 is 0 Å². The second-order valence-electron chi connectivity index (χ2n) is 6.52. The average Bonchev–Trinajstić information content (AvgIpc) is 2.73. The molecule has 0 bridgehead atoms. The molecule has 1 saturated heterocycles. The molecule has 1 fully saturated rings. The van der Waals surface area contributed by atoms with E-state index in [-0.39, 0.29) is 5.82 Å². The summed E-state index contributed by atoms with van der Waals surface area (Å²) in [6, 6.07) is 6.26. The van der Waals surface area contributed by atoms with Gasteiger partial charge in [-0.25, -0.2) is 9.37 Å². The first-order valence-electron chi connectivity index (χ1n) is 8.16. The maximum Gasteiger partial charge on any atom is 0.123 e. The van der Waals surface area contributed by atoms with Crippen LogP contribution < -0.4 is 0 Å². The summed E-state index contributed by atoms with van der Waals surface area (Å²) < 4.78 is 15.2. The van der Waals surface area contributed by atoms with Gasteiger partial charge in [-0.2, -0.15) is 0 Å². The standard InChI is InChI=1S/C18H24FN3O/c1-14-20-12-17(21(14)2)13-22-10-3-8-18(23,9-11-22)15-4-6-16(19)7-5-15/h4-7,12,23H,3,8-11,13H2,1-2H3/t18-/m0/s1. The Labute approximate surface area is 136 Å². The van der Waals surface area contributed by atoms with Crippen LogP contribution in [0.3, 0.4) is 0 Å². The molecule has 1 aliphatic rings. The Morgan fingerprint density at radius 3 is 2.61 bits per heavy atom. The molecule has 1 aromatic carbocycles. The van der Waals surface area contributed by atoms with Crippen LogP contribution >= 0.6 is 0 Å². The lowest BCUT2D eigenvalue weighted by Gasteiger charge is -2.27. The molecule has 2 aromatic rings. The number of aryl methyl sites for hydroxylation is 1. The molecule has 1 N–H and O–H groups in total. The highest BCUT2D eigenvalue weighted by molar-refractivity contribution is 5.23. The van der Waals surface area contributed by atoms with E-state index in [0.29, 0.717) is 12.8 Å². The van der Waals surface area contributed by atoms with Crippen molar-refractivity contribution in [3.8, 4) is 0 Å². The van der Waals surface area contributed by atoms with Gasteiger partial charge < -0.3 is 9.67 Å². The van der Waals surface area contributed by atoms with E-state index in [1.54, 1.807) is 12.1 Å². The summed E-state index contributed by atoms with van der Waals surface area (Å²) in [5.74, 6) is 0.747. The number of hydrogen-bond acceptors (Lipinski definition) is 3. The van der Waals surface area contributed by atoms with Crippen molar-refractivity contribution < 1.29 is 9.50 Å². The molecule has 23 heavy (non-hydrogen) atoms. The molecular formula is C18H24FN3O. The van der Waals surface area contributed by atoms with Crippen molar-refractivity contribution in [1.82, 2.24) is 14.5 Å². The Morgan fingerprint density at radius 2 is 1.96 bits per heavy atom. The Morgan fingerprint density at radius 1 is 1.22 bits per heavy atom. The number of aromatic nitrogens is 2. The molecule has 1 aliphatic heterocycles. The van der Waals surface area contributed by atoms with Crippen molar-refractivity contribution in [3.05, 3.63) is 53.4 Å². The van der Waals surface area contributed by atoms with Crippen molar-refractivity contribution in [1.29, 1.82) is 0 Å². The number of hydrogen-bond donors (Lipinski definition) is 1. The molecule has 0 amide bonds. The third-order valence-electron chi connectivity index (χ3n) is 4.99. The van der Waals surface area contributed by atoms with Crippen LogP contribution in [0.15, 0.2) is 30.5 Å². The average molecular weight is 317 g/mol. The summed E-state index contributed by atoms with van der Waals surface area (Å²) in [6.45, 7) is 4.61. The Hall–Kier alpha value is -1.72. The molecule has 1 aromatic heterocycles. The van der Waals surface area contributed by atoms with Gasteiger partial charge in [0.1, 0.15) is 11.6 Å². The third-order valence-corrected chi connectivity index (χ3v) is 4.99. The fourth-order valence-electron chi connectivity index (χ4n) is 3.31. The zero-order valence-corrected chi connectivity index (χ0v) is 13.8. The molecule has 4 nitrogen and oxygen atoms in total. The summed E-state index contributed by atoms with van der Waals surface area (Å²) in [6.07, 6.45) is 4.21. The first kappa shape index (κ1) is 16.1. The molecule has 5 heteroatoms. The van der Waals surface area contributed by atoms with Gasteiger partial charge in [0.05, 0.1) is 11.3 Å².